The highest BCUT2D eigenvalue weighted by Gasteiger charge is 2.23. The van der Waals surface area contributed by atoms with Crippen molar-refractivity contribution in [2.24, 2.45) is 4.99 Å². The summed E-state index contributed by atoms with van der Waals surface area (Å²) in [6.45, 7) is 9.49. The van der Waals surface area contributed by atoms with Crippen LogP contribution in [0.2, 0.25) is 0 Å². The lowest BCUT2D eigenvalue weighted by Gasteiger charge is -2.24. The topological polar surface area (TPSA) is 56.7 Å². The van der Waals surface area contributed by atoms with Crippen molar-refractivity contribution < 1.29 is 9.18 Å². The summed E-state index contributed by atoms with van der Waals surface area (Å²) in [6, 6.07) is 14.9. The van der Waals surface area contributed by atoms with Crippen LogP contribution in [0, 0.1) is 5.82 Å². The number of nitrogens with zero attached hydrogens (tertiary/aromatic N) is 2. The predicted octanol–water partition coefficient (Wildman–Crippen LogP) is 3.98. The molecule has 0 saturated carbocycles. The number of carbonyl (C=O) groups excluding carboxylic acids is 1. The molecule has 0 fully saturated rings. The Bertz CT molecular complexity index is 900. The summed E-state index contributed by atoms with van der Waals surface area (Å²) >= 11 is 0. The Morgan fingerprint density at radius 2 is 1.81 bits per heavy atom. The summed E-state index contributed by atoms with van der Waals surface area (Å²) in [4.78, 5) is 19.2. The van der Waals surface area contributed by atoms with Gasteiger partial charge in [0.1, 0.15) is 5.82 Å². The molecule has 1 heterocycles. The summed E-state index contributed by atoms with van der Waals surface area (Å²) in [5.41, 5.74) is 3.13. The van der Waals surface area contributed by atoms with Crippen molar-refractivity contribution in [1.82, 2.24) is 15.5 Å². The van der Waals surface area contributed by atoms with Gasteiger partial charge in [-0.15, -0.1) is 0 Å². The van der Waals surface area contributed by atoms with Gasteiger partial charge in [0.2, 0.25) is 5.91 Å². The fourth-order valence-electron chi connectivity index (χ4n) is 3.73. The second-order valence-corrected chi connectivity index (χ2v) is 8.64. The smallest absolute Gasteiger partial charge is 0.223 e. The lowest BCUT2D eigenvalue weighted by Crippen LogP contribution is -2.39. The van der Waals surface area contributed by atoms with E-state index in [2.05, 4.69) is 41.6 Å². The molecule has 1 aliphatic rings. The molecular weight excluding hydrogens is 391 g/mol. The minimum Gasteiger partial charge on any atom is -0.357 e. The van der Waals surface area contributed by atoms with Gasteiger partial charge in [0, 0.05) is 38.0 Å². The van der Waals surface area contributed by atoms with Gasteiger partial charge < -0.3 is 15.5 Å². The first-order valence-corrected chi connectivity index (χ1v) is 11.0. The molecule has 0 unspecified atom stereocenters. The third kappa shape index (κ3) is 6.29. The maximum atomic E-state index is 13.6. The lowest BCUT2D eigenvalue weighted by atomic mass is 9.85. The van der Waals surface area contributed by atoms with Crippen LogP contribution in [0.25, 0.3) is 0 Å². The number of hydrogen-bond acceptors (Lipinski definition) is 2. The maximum Gasteiger partial charge on any atom is 0.223 e. The number of halogens is 1. The van der Waals surface area contributed by atoms with E-state index in [1.165, 1.54) is 17.2 Å². The van der Waals surface area contributed by atoms with Crippen molar-refractivity contribution in [3.8, 4) is 0 Å². The van der Waals surface area contributed by atoms with E-state index in [9.17, 15) is 9.18 Å². The van der Waals surface area contributed by atoms with Crippen molar-refractivity contribution in [3.63, 3.8) is 0 Å². The van der Waals surface area contributed by atoms with Crippen molar-refractivity contribution in [2.75, 3.05) is 19.6 Å². The molecule has 166 valence electrons. The molecule has 0 aliphatic carbocycles. The van der Waals surface area contributed by atoms with Gasteiger partial charge in [0.05, 0.1) is 6.54 Å². The molecule has 3 rings (SSSR count). The van der Waals surface area contributed by atoms with Crippen LogP contribution in [0.15, 0.2) is 53.5 Å². The number of hydrogen-bond donors (Lipinski definition) is 2. The van der Waals surface area contributed by atoms with E-state index < -0.39 is 0 Å². The highest BCUT2D eigenvalue weighted by Crippen LogP contribution is 2.24. The standard InChI is InChI=1S/C25H33FN4O/c1-4-27-24(29-18-25(2,3)21-11-7-12-22(26)15-21)28-14-8-13-23(31)30-16-19-9-5-6-10-20(19)17-30/h5-7,9-12,15H,4,8,13-14,16-18H2,1-3H3,(H2,27,28,29). The van der Waals surface area contributed by atoms with Crippen molar-refractivity contribution in [3.05, 3.63) is 71.0 Å². The number of rotatable bonds is 8. The van der Waals surface area contributed by atoms with Gasteiger partial charge in [-0.25, -0.2) is 4.39 Å². The van der Waals surface area contributed by atoms with Gasteiger partial charge in [-0.05, 0) is 42.2 Å². The Labute approximate surface area is 184 Å². The number of nitrogens with one attached hydrogen (secondary N) is 2. The minimum atomic E-state index is -0.287. The second-order valence-electron chi connectivity index (χ2n) is 8.64. The molecule has 0 atom stereocenters. The Kier molecular flexibility index (Phi) is 7.66. The first-order chi connectivity index (χ1) is 14.9. The fraction of sp³-hybridized carbons (Fsp3) is 0.440. The van der Waals surface area contributed by atoms with Gasteiger partial charge in [-0.2, -0.15) is 0 Å². The van der Waals surface area contributed by atoms with E-state index in [4.69, 9.17) is 0 Å². The SMILES string of the molecule is CCNC(=NCC(C)(C)c1cccc(F)c1)NCCCC(=O)N1Cc2ccccc2C1. The van der Waals surface area contributed by atoms with Gasteiger partial charge in [0.15, 0.2) is 5.96 Å². The molecule has 2 aromatic rings. The van der Waals surface area contributed by atoms with Crippen LogP contribution in [-0.2, 0) is 23.3 Å². The van der Waals surface area contributed by atoms with Crippen LogP contribution in [-0.4, -0.2) is 36.4 Å². The number of carbonyl (C=O) groups is 1. The minimum absolute atomic E-state index is 0.187. The summed E-state index contributed by atoms with van der Waals surface area (Å²) < 4.78 is 13.6. The normalized spacial score (nSPS) is 13.8. The van der Waals surface area contributed by atoms with E-state index in [-0.39, 0.29) is 17.1 Å². The molecule has 5 nitrogen and oxygen atoms in total. The molecule has 0 aromatic heterocycles. The number of guanidine groups is 1. The van der Waals surface area contributed by atoms with Crippen LogP contribution in [0.3, 0.4) is 0 Å². The van der Waals surface area contributed by atoms with Crippen LogP contribution < -0.4 is 10.6 Å². The molecule has 1 aliphatic heterocycles. The van der Waals surface area contributed by atoms with E-state index in [1.807, 2.05) is 30.0 Å². The lowest BCUT2D eigenvalue weighted by molar-refractivity contribution is -0.131. The highest BCUT2D eigenvalue weighted by atomic mass is 19.1. The van der Waals surface area contributed by atoms with Crippen molar-refractivity contribution in [1.29, 1.82) is 0 Å². The van der Waals surface area contributed by atoms with Crippen LogP contribution in [0.4, 0.5) is 4.39 Å². The summed E-state index contributed by atoms with van der Waals surface area (Å²) in [7, 11) is 0. The van der Waals surface area contributed by atoms with Crippen LogP contribution in [0.1, 0.15) is 50.3 Å². The first-order valence-electron chi connectivity index (χ1n) is 11.0. The molecule has 1 amide bonds. The molecule has 6 heteroatoms. The van der Waals surface area contributed by atoms with E-state index >= 15 is 0 Å². The average Bonchev–Trinajstić information content (AvgIpc) is 3.19. The predicted molar refractivity (Wildman–Crippen MR) is 123 cm³/mol. The van der Waals surface area contributed by atoms with E-state index in [0.29, 0.717) is 38.6 Å². The Morgan fingerprint density at radius 1 is 1.10 bits per heavy atom. The Hall–Kier alpha value is -2.89. The quantitative estimate of drug-likeness (QED) is 0.383. The molecule has 0 saturated heterocycles. The zero-order valence-electron chi connectivity index (χ0n) is 18.7. The number of amides is 1. The number of fused-ring (bicyclic) bond motifs is 1. The summed E-state index contributed by atoms with van der Waals surface area (Å²) in [5, 5.41) is 6.56. The van der Waals surface area contributed by atoms with Gasteiger partial charge in [-0.1, -0.05) is 50.2 Å². The van der Waals surface area contributed by atoms with Crippen molar-refractivity contribution in [2.45, 2.75) is 52.1 Å². The number of aliphatic imine (C=N–C) groups is 1. The molecule has 0 spiro atoms. The Balaban J connectivity index is 1.46. The molecule has 31 heavy (non-hydrogen) atoms. The summed E-state index contributed by atoms with van der Waals surface area (Å²) in [6.07, 6.45) is 1.25. The van der Waals surface area contributed by atoms with E-state index in [0.717, 1.165) is 18.5 Å². The van der Waals surface area contributed by atoms with E-state index in [1.54, 1.807) is 12.1 Å². The van der Waals surface area contributed by atoms with Gasteiger partial charge >= 0.3 is 0 Å². The maximum absolute atomic E-state index is 13.6. The molecular formula is C25H33FN4O. The highest BCUT2D eigenvalue weighted by molar-refractivity contribution is 5.80. The monoisotopic (exact) mass is 424 g/mol. The third-order valence-electron chi connectivity index (χ3n) is 5.64. The largest absolute Gasteiger partial charge is 0.357 e. The molecule has 2 aromatic carbocycles. The number of benzene rings is 2. The first kappa shape index (κ1) is 22.8. The molecule has 0 radical (unpaired) electrons. The van der Waals surface area contributed by atoms with Crippen LogP contribution in [0.5, 0.6) is 0 Å². The van der Waals surface area contributed by atoms with Gasteiger partial charge in [-0.3, -0.25) is 9.79 Å². The van der Waals surface area contributed by atoms with Crippen LogP contribution >= 0.6 is 0 Å². The Morgan fingerprint density at radius 3 is 2.45 bits per heavy atom. The fourth-order valence-corrected chi connectivity index (χ4v) is 3.73. The zero-order chi connectivity index (χ0) is 22.3. The van der Waals surface area contributed by atoms with Gasteiger partial charge in [0.25, 0.3) is 0 Å². The second kappa shape index (κ2) is 10.4. The average molecular weight is 425 g/mol. The third-order valence-corrected chi connectivity index (χ3v) is 5.64. The summed E-state index contributed by atoms with van der Waals surface area (Å²) in [5.74, 6) is 0.672. The zero-order valence-corrected chi connectivity index (χ0v) is 18.7. The molecule has 2 N–H and O–H groups in total. The molecule has 0 bridgehead atoms. The van der Waals surface area contributed by atoms with Crippen molar-refractivity contribution >= 4 is 11.9 Å².